The lowest BCUT2D eigenvalue weighted by atomic mass is 9.92. The minimum atomic E-state index is -0.358. The SMILES string of the molecule is C=CC(=O)Nc1cc(OC)c(OC)c(OC)c1C(NC(=S)Nc1ccccc1)C(C)C. The van der Waals surface area contributed by atoms with Crippen LogP contribution in [0.4, 0.5) is 11.4 Å². The Morgan fingerprint density at radius 2 is 1.68 bits per heavy atom. The third-order valence-electron chi connectivity index (χ3n) is 4.61. The summed E-state index contributed by atoms with van der Waals surface area (Å²) in [6, 6.07) is 11.0. The van der Waals surface area contributed by atoms with Crippen molar-refractivity contribution in [1.82, 2.24) is 5.32 Å². The maximum absolute atomic E-state index is 12.1. The first-order chi connectivity index (χ1) is 14.9. The van der Waals surface area contributed by atoms with E-state index in [1.807, 2.05) is 44.2 Å². The zero-order valence-corrected chi connectivity index (χ0v) is 19.3. The number of anilines is 2. The van der Waals surface area contributed by atoms with Gasteiger partial charge in [0.1, 0.15) is 0 Å². The number of carbonyl (C=O) groups excluding carboxylic acids is 1. The van der Waals surface area contributed by atoms with Gasteiger partial charge in [-0.05, 0) is 36.3 Å². The fourth-order valence-corrected chi connectivity index (χ4v) is 3.42. The van der Waals surface area contributed by atoms with Crippen molar-refractivity contribution in [2.24, 2.45) is 5.92 Å². The van der Waals surface area contributed by atoms with Crippen LogP contribution in [0.1, 0.15) is 25.5 Å². The van der Waals surface area contributed by atoms with Crippen molar-refractivity contribution in [1.29, 1.82) is 0 Å². The van der Waals surface area contributed by atoms with Crippen LogP contribution >= 0.6 is 12.2 Å². The lowest BCUT2D eigenvalue weighted by Crippen LogP contribution is -2.35. The highest BCUT2D eigenvalue weighted by Crippen LogP contribution is 2.48. The molecule has 1 unspecified atom stereocenters. The molecule has 1 amide bonds. The number of thiocarbonyl (C=S) groups is 1. The van der Waals surface area contributed by atoms with Crippen molar-refractivity contribution in [3.63, 3.8) is 0 Å². The molecule has 0 bridgehead atoms. The molecule has 2 aromatic carbocycles. The van der Waals surface area contributed by atoms with Gasteiger partial charge in [-0.15, -0.1) is 0 Å². The van der Waals surface area contributed by atoms with E-state index < -0.39 is 0 Å². The Balaban J connectivity index is 2.56. The Hall–Kier alpha value is -3.26. The van der Waals surface area contributed by atoms with Crippen molar-refractivity contribution in [3.8, 4) is 17.2 Å². The average molecular weight is 444 g/mol. The molecule has 0 heterocycles. The number of carbonyl (C=O) groups is 1. The Morgan fingerprint density at radius 1 is 1.03 bits per heavy atom. The topological polar surface area (TPSA) is 80.9 Å². The molecule has 0 saturated carbocycles. The van der Waals surface area contributed by atoms with E-state index in [4.69, 9.17) is 26.4 Å². The van der Waals surface area contributed by atoms with E-state index in [1.54, 1.807) is 6.07 Å². The molecular formula is C23H29N3O4S. The number of amides is 1. The third kappa shape index (κ3) is 5.88. The summed E-state index contributed by atoms with van der Waals surface area (Å²) in [7, 11) is 4.59. The third-order valence-corrected chi connectivity index (χ3v) is 4.83. The Morgan fingerprint density at radius 3 is 2.19 bits per heavy atom. The highest BCUT2D eigenvalue weighted by molar-refractivity contribution is 7.80. The fraction of sp³-hybridized carbons (Fsp3) is 0.304. The molecule has 0 aliphatic carbocycles. The van der Waals surface area contributed by atoms with Crippen LogP contribution in [0.15, 0.2) is 49.1 Å². The second-order valence-electron chi connectivity index (χ2n) is 6.99. The summed E-state index contributed by atoms with van der Waals surface area (Å²) < 4.78 is 16.7. The lowest BCUT2D eigenvalue weighted by molar-refractivity contribution is -0.111. The largest absolute Gasteiger partial charge is 0.493 e. The van der Waals surface area contributed by atoms with Crippen molar-refractivity contribution in [2.75, 3.05) is 32.0 Å². The van der Waals surface area contributed by atoms with Gasteiger partial charge in [-0.2, -0.15) is 0 Å². The van der Waals surface area contributed by atoms with Gasteiger partial charge in [-0.25, -0.2) is 0 Å². The van der Waals surface area contributed by atoms with Gasteiger partial charge < -0.3 is 30.2 Å². The zero-order chi connectivity index (χ0) is 23.0. The predicted molar refractivity (Wildman–Crippen MR) is 128 cm³/mol. The second-order valence-corrected chi connectivity index (χ2v) is 7.39. The molecule has 0 saturated heterocycles. The van der Waals surface area contributed by atoms with Gasteiger partial charge in [0.25, 0.3) is 0 Å². The van der Waals surface area contributed by atoms with Crippen LogP contribution in [0.3, 0.4) is 0 Å². The minimum Gasteiger partial charge on any atom is -0.493 e. The predicted octanol–water partition coefficient (Wildman–Crippen LogP) is 4.52. The Labute approximate surface area is 188 Å². The summed E-state index contributed by atoms with van der Waals surface area (Å²) in [4.78, 5) is 12.1. The summed E-state index contributed by atoms with van der Waals surface area (Å²) in [5.41, 5.74) is 2.05. The van der Waals surface area contributed by atoms with E-state index in [9.17, 15) is 4.79 Å². The Bertz CT molecular complexity index is 932. The van der Waals surface area contributed by atoms with Crippen LogP contribution in [0, 0.1) is 5.92 Å². The van der Waals surface area contributed by atoms with Crippen LogP contribution in [-0.4, -0.2) is 32.3 Å². The standard InChI is InChI=1S/C23H29N3O4S/c1-7-18(27)25-16-13-17(28-4)21(29-5)22(30-6)19(16)20(14(2)3)26-23(31)24-15-11-9-8-10-12-15/h7-14,20H,1H2,2-6H3,(H,25,27)(H2,24,26,31). The number of ether oxygens (including phenoxy) is 3. The molecule has 0 aliphatic rings. The number of methoxy groups -OCH3 is 3. The first-order valence-electron chi connectivity index (χ1n) is 9.75. The number of nitrogens with one attached hydrogen (secondary N) is 3. The normalized spacial score (nSPS) is 11.3. The van der Waals surface area contributed by atoms with E-state index in [-0.39, 0.29) is 17.9 Å². The summed E-state index contributed by atoms with van der Waals surface area (Å²) in [6.07, 6.45) is 1.20. The molecule has 2 rings (SSSR count). The summed E-state index contributed by atoms with van der Waals surface area (Å²) in [6.45, 7) is 7.61. The molecule has 2 aromatic rings. The van der Waals surface area contributed by atoms with Gasteiger partial charge in [0, 0.05) is 17.3 Å². The molecule has 0 radical (unpaired) electrons. The maximum Gasteiger partial charge on any atom is 0.247 e. The van der Waals surface area contributed by atoms with Gasteiger partial charge in [0.2, 0.25) is 11.7 Å². The van der Waals surface area contributed by atoms with Crippen molar-refractivity contribution in [3.05, 3.63) is 54.6 Å². The summed E-state index contributed by atoms with van der Waals surface area (Å²) in [5.74, 6) is 1.00. The smallest absolute Gasteiger partial charge is 0.247 e. The minimum absolute atomic E-state index is 0.0712. The van der Waals surface area contributed by atoms with Crippen molar-refractivity contribution >= 4 is 34.6 Å². The van der Waals surface area contributed by atoms with Gasteiger partial charge in [-0.3, -0.25) is 4.79 Å². The molecule has 0 fully saturated rings. The van der Waals surface area contributed by atoms with Crippen LogP contribution in [0.25, 0.3) is 0 Å². The van der Waals surface area contributed by atoms with Crippen LogP contribution in [0.5, 0.6) is 17.2 Å². The van der Waals surface area contributed by atoms with Crippen molar-refractivity contribution in [2.45, 2.75) is 19.9 Å². The van der Waals surface area contributed by atoms with Crippen LogP contribution in [-0.2, 0) is 4.79 Å². The lowest BCUT2D eigenvalue weighted by Gasteiger charge is -2.29. The quantitative estimate of drug-likeness (QED) is 0.388. The fourth-order valence-electron chi connectivity index (χ4n) is 3.18. The maximum atomic E-state index is 12.1. The van der Waals surface area contributed by atoms with Crippen LogP contribution in [0.2, 0.25) is 0 Å². The molecule has 3 N–H and O–H groups in total. The molecule has 0 aliphatic heterocycles. The first-order valence-corrected chi connectivity index (χ1v) is 10.2. The molecule has 0 spiro atoms. The first kappa shape index (κ1) is 24.0. The van der Waals surface area contributed by atoms with Gasteiger partial charge >= 0.3 is 0 Å². The monoisotopic (exact) mass is 443 g/mol. The molecule has 0 aromatic heterocycles. The summed E-state index contributed by atoms with van der Waals surface area (Å²) >= 11 is 5.55. The molecule has 1 atom stereocenters. The molecule has 31 heavy (non-hydrogen) atoms. The molecular weight excluding hydrogens is 414 g/mol. The molecule has 7 nitrogen and oxygen atoms in total. The number of hydrogen-bond acceptors (Lipinski definition) is 5. The number of rotatable bonds is 9. The van der Waals surface area contributed by atoms with E-state index in [1.165, 1.54) is 27.4 Å². The van der Waals surface area contributed by atoms with E-state index in [0.717, 1.165) is 5.69 Å². The highest BCUT2D eigenvalue weighted by Gasteiger charge is 2.29. The van der Waals surface area contributed by atoms with Gasteiger partial charge in [0.05, 0.1) is 33.1 Å². The number of hydrogen-bond donors (Lipinski definition) is 3. The zero-order valence-electron chi connectivity index (χ0n) is 18.4. The van der Waals surface area contributed by atoms with Gasteiger partial charge in [0.15, 0.2) is 16.6 Å². The average Bonchev–Trinajstić information content (AvgIpc) is 2.77. The Kier molecular flexibility index (Phi) is 8.69. The van der Waals surface area contributed by atoms with Crippen molar-refractivity contribution < 1.29 is 19.0 Å². The molecule has 166 valence electrons. The van der Waals surface area contributed by atoms with E-state index in [0.29, 0.717) is 33.6 Å². The highest BCUT2D eigenvalue weighted by atomic mass is 32.1. The van der Waals surface area contributed by atoms with Gasteiger partial charge in [-0.1, -0.05) is 38.6 Å². The number of para-hydroxylation sites is 1. The second kappa shape index (κ2) is 11.2. The summed E-state index contributed by atoms with van der Waals surface area (Å²) in [5, 5.41) is 9.80. The van der Waals surface area contributed by atoms with E-state index in [2.05, 4.69) is 22.5 Å². The molecule has 8 heteroatoms. The van der Waals surface area contributed by atoms with E-state index >= 15 is 0 Å². The number of benzene rings is 2. The van der Waals surface area contributed by atoms with Crippen LogP contribution < -0.4 is 30.2 Å².